The Morgan fingerprint density at radius 3 is 2.94 bits per heavy atom. The molecule has 2 atom stereocenters. The zero-order chi connectivity index (χ0) is 11.5. The number of benzene rings is 1. The average molecular weight is 217 g/mol. The number of hydrogen-bond acceptors (Lipinski definition) is 4. The maximum atomic E-state index is 11.3. The highest BCUT2D eigenvalue weighted by molar-refractivity contribution is 5.84. The van der Waals surface area contributed by atoms with E-state index in [1.807, 2.05) is 12.1 Å². The molecule has 0 spiro atoms. The Labute approximate surface area is 92.7 Å². The van der Waals surface area contributed by atoms with E-state index < -0.39 is 12.4 Å². The van der Waals surface area contributed by atoms with Crippen LogP contribution in [0.1, 0.15) is 11.1 Å². The third kappa shape index (κ3) is 2.19. The molecule has 1 aliphatic rings. The summed E-state index contributed by atoms with van der Waals surface area (Å²) in [4.78, 5) is 11.3. The maximum Gasteiger partial charge on any atom is 0.240 e. The molecule has 5 heteroatoms. The highest BCUT2D eigenvalue weighted by atomic mass is 16.3. The predicted octanol–water partition coefficient (Wildman–Crippen LogP) is -0.535. The van der Waals surface area contributed by atoms with E-state index >= 15 is 0 Å². The second-order valence-corrected chi connectivity index (χ2v) is 3.65. The second-order valence-electron chi connectivity index (χ2n) is 3.65. The largest absolute Gasteiger partial charge is 0.361 e. The fourth-order valence-electron chi connectivity index (χ4n) is 1.70. The van der Waals surface area contributed by atoms with Crippen LogP contribution < -0.4 is 10.6 Å². The number of nitriles is 1. The van der Waals surface area contributed by atoms with Crippen molar-refractivity contribution in [3.63, 3.8) is 0 Å². The quantitative estimate of drug-likeness (QED) is 0.621. The van der Waals surface area contributed by atoms with E-state index in [0.717, 1.165) is 5.56 Å². The molecule has 2 unspecified atom stereocenters. The van der Waals surface area contributed by atoms with Crippen LogP contribution in [0.25, 0.3) is 0 Å². The summed E-state index contributed by atoms with van der Waals surface area (Å²) in [6.07, 6.45) is -0.519. The summed E-state index contributed by atoms with van der Waals surface area (Å²) in [5, 5.41) is 22.9. The van der Waals surface area contributed by atoms with Crippen molar-refractivity contribution >= 4 is 5.91 Å². The smallest absolute Gasteiger partial charge is 0.240 e. The van der Waals surface area contributed by atoms with Crippen LogP contribution in [0, 0.1) is 11.3 Å². The van der Waals surface area contributed by atoms with E-state index in [1.54, 1.807) is 18.2 Å². The van der Waals surface area contributed by atoms with E-state index in [9.17, 15) is 4.79 Å². The molecule has 0 aliphatic carbocycles. The van der Waals surface area contributed by atoms with Crippen molar-refractivity contribution in [1.29, 1.82) is 5.26 Å². The number of rotatable bonds is 2. The minimum Gasteiger partial charge on any atom is -0.361 e. The summed E-state index contributed by atoms with van der Waals surface area (Å²) in [5.41, 5.74) is 1.46. The number of aliphatic hydroxyl groups is 1. The fraction of sp³-hybridized carbons (Fsp3) is 0.273. The molecule has 0 aromatic heterocycles. The van der Waals surface area contributed by atoms with Gasteiger partial charge in [0.25, 0.3) is 0 Å². The van der Waals surface area contributed by atoms with Crippen LogP contribution in [0.3, 0.4) is 0 Å². The van der Waals surface area contributed by atoms with Crippen LogP contribution >= 0.6 is 0 Å². The normalized spacial score (nSPS) is 23.9. The first kappa shape index (κ1) is 10.6. The molecule has 1 amide bonds. The molecule has 1 aliphatic heterocycles. The molecule has 3 N–H and O–H groups in total. The van der Waals surface area contributed by atoms with Gasteiger partial charge in [0.05, 0.1) is 17.7 Å². The molecule has 2 rings (SSSR count). The molecule has 1 heterocycles. The lowest BCUT2D eigenvalue weighted by atomic mass is 10.0. The number of aliphatic hydroxyl groups excluding tert-OH is 1. The van der Waals surface area contributed by atoms with Gasteiger partial charge in [0, 0.05) is 0 Å². The summed E-state index contributed by atoms with van der Waals surface area (Å²) in [6.45, 7) is 0. The topological polar surface area (TPSA) is 85.2 Å². The number of hydrogen-bond donors (Lipinski definition) is 3. The van der Waals surface area contributed by atoms with E-state index in [1.165, 1.54) is 0 Å². The van der Waals surface area contributed by atoms with Crippen LogP contribution in [-0.2, 0) is 11.2 Å². The molecule has 5 nitrogen and oxygen atoms in total. The minimum absolute atomic E-state index is 0.227. The Bertz CT molecular complexity index is 453. The summed E-state index contributed by atoms with van der Waals surface area (Å²) in [6, 6.07) is 8.67. The highest BCUT2D eigenvalue weighted by Gasteiger charge is 2.29. The average Bonchev–Trinajstić information content (AvgIpc) is 2.58. The lowest BCUT2D eigenvalue weighted by molar-refractivity contribution is -0.121. The monoisotopic (exact) mass is 217 g/mol. The third-order valence-corrected chi connectivity index (χ3v) is 2.45. The van der Waals surface area contributed by atoms with E-state index in [-0.39, 0.29) is 5.91 Å². The molecule has 82 valence electrons. The highest BCUT2D eigenvalue weighted by Crippen LogP contribution is 2.09. The van der Waals surface area contributed by atoms with Crippen molar-refractivity contribution in [2.75, 3.05) is 0 Å². The molecular formula is C11H11N3O2. The molecular weight excluding hydrogens is 206 g/mol. The van der Waals surface area contributed by atoms with Gasteiger partial charge in [0.15, 0.2) is 6.35 Å². The Morgan fingerprint density at radius 2 is 2.31 bits per heavy atom. The molecule has 0 radical (unpaired) electrons. The zero-order valence-corrected chi connectivity index (χ0v) is 8.47. The summed E-state index contributed by atoms with van der Waals surface area (Å²) < 4.78 is 0. The summed E-state index contributed by atoms with van der Waals surface area (Å²) in [5.74, 6) is -0.227. The van der Waals surface area contributed by atoms with Gasteiger partial charge in [0.1, 0.15) is 0 Å². The van der Waals surface area contributed by atoms with Gasteiger partial charge in [-0.05, 0) is 24.1 Å². The first-order valence-corrected chi connectivity index (χ1v) is 4.92. The first-order chi connectivity index (χ1) is 7.69. The molecule has 1 saturated heterocycles. The Morgan fingerprint density at radius 1 is 1.50 bits per heavy atom. The predicted molar refractivity (Wildman–Crippen MR) is 55.9 cm³/mol. The Balaban J connectivity index is 2.09. The van der Waals surface area contributed by atoms with Gasteiger partial charge in [-0.15, -0.1) is 0 Å². The number of nitrogens with zero attached hydrogens (tertiary/aromatic N) is 1. The number of amides is 1. The van der Waals surface area contributed by atoms with Crippen LogP contribution in [0.2, 0.25) is 0 Å². The van der Waals surface area contributed by atoms with Crippen LogP contribution in [0.5, 0.6) is 0 Å². The van der Waals surface area contributed by atoms with Gasteiger partial charge in [-0.2, -0.15) is 5.26 Å². The van der Waals surface area contributed by atoms with Gasteiger partial charge >= 0.3 is 0 Å². The maximum absolute atomic E-state index is 11.3. The van der Waals surface area contributed by atoms with Crippen molar-refractivity contribution in [3.05, 3.63) is 35.4 Å². The summed E-state index contributed by atoms with van der Waals surface area (Å²) >= 11 is 0. The fourth-order valence-corrected chi connectivity index (χ4v) is 1.70. The standard InChI is InChI=1S/C11H11N3O2/c12-6-8-3-1-2-7(4-8)5-9-10(15)14-11(16)13-9/h1-4,9,11,13,16H,5H2,(H,14,15). The molecule has 1 aromatic carbocycles. The van der Waals surface area contributed by atoms with Crippen LogP contribution in [0.4, 0.5) is 0 Å². The van der Waals surface area contributed by atoms with Crippen molar-refractivity contribution in [3.8, 4) is 6.07 Å². The molecule has 1 aromatic rings. The van der Waals surface area contributed by atoms with E-state index in [0.29, 0.717) is 12.0 Å². The Hall–Kier alpha value is -1.90. The van der Waals surface area contributed by atoms with Crippen LogP contribution in [-0.4, -0.2) is 23.4 Å². The zero-order valence-electron chi connectivity index (χ0n) is 8.47. The third-order valence-electron chi connectivity index (χ3n) is 2.45. The van der Waals surface area contributed by atoms with Crippen molar-refractivity contribution in [2.45, 2.75) is 18.8 Å². The van der Waals surface area contributed by atoms with Gasteiger partial charge < -0.3 is 10.4 Å². The Kier molecular flexibility index (Phi) is 2.86. The number of carbonyl (C=O) groups excluding carboxylic acids is 1. The van der Waals surface area contributed by atoms with Crippen molar-refractivity contribution in [2.24, 2.45) is 0 Å². The minimum atomic E-state index is -0.975. The number of nitrogens with one attached hydrogen (secondary N) is 2. The van der Waals surface area contributed by atoms with Crippen molar-refractivity contribution < 1.29 is 9.90 Å². The van der Waals surface area contributed by atoms with Crippen molar-refractivity contribution in [1.82, 2.24) is 10.6 Å². The van der Waals surface area contributed by atoms with E-state index in [4.69, 9.17) is 10.4 Å². The lowest BCUT2D eigenvalue weighted by Crippen LogP contribution is -2.33. The van der Waals surface area contributed by atoms with Gasteiger partial charge in [-0.3, -0.25) is 10.1 Å². The summed E-state index contributed by atoms with van der Waals surface area (Å²) in [7, 11) is 0. The first-order valence-electron chi connectivity index (χ1n) is 4.92. The molecule has 0 saturated carbocycles. The molecule has 0 bridgehead atoms. The second kappa shape index (κ2) is 4.31. The van der Waals surface area contributed by atoms with Crippen LogP contribution in [0.15, 0.2) is 24.3 Å². The van der Waals surface area contributed by atoms with E-state index in [2.05, 4.69) is 10.6 Å². The van der Waals surface area contributed by atoms with Gasteiger partial charge in [-0.25, -0.2) is 0 Å². The number of carbonyl (C=O) groups is 1. The SMILES string of the molecule is N#Cc1cccc(CC2NC(O)NC2=O)c1. The lowest BCUT2D eigenvalue weighted by Gasteiger charge is -2.07. The molecule has 1 fully saturated rings. The van der Waals surface area contributed by atoms with Gasteiger partial charge in [-0.1, -0.05) is 12.1 Å². The van der Waals surface area contributed by atoms with Gasteiger partial charge in [0.2, 0.25) is 5.91 Å². The molecule has 16 heavy (non-hydrogen) atoms.